The first-order chi connectivity index (χ1) is 29.9. The van der Waals surface area contributed by atoms with E-state index in [1.54, 1.807) is 6.08 Å². The number of aromatic nitrogens is 2. The number of hydrogen-bond donors (Lipinski definition) is 6. The molecule has 6 heterocycles. The molecule has 0 aromatic carbocycles. The molecule has 0 spiro atoms. The van der Waals surface area contributed by atoms with Gasteiger partial charge in [-0.2, -0.15) is 0 Å². The molecule has 2 aromatic rings. The van der Waals surface area contributed by atoms with Crippen molar-refractivity contribution in [2.45, 2.75) is 43.6 Å². The number of nitrogen functional groups attached to an aromatic ring is 2. The number of β-lactam (4-membered cyclic amide) rings is 2. The first-order valence-electron chi connectivity index (χ1n) is 17.8. The first-order valence-corrected chi connectivity index (χ1v) is 21.7. The number of nitrogens with one attached hydrogen (secondary N) is 2. The van der Waals surface area contributed by atoms with Crippen molar-refractivity contribution in [3.05, 3.63) is 57.3 Å². The summed E-state index contributed by atoms with van der Waals surface area (Å²) in [6, 6.07) is -1.93. The molecule has 4 atom stereocenters. The van der Waals surface area contributed by atoms with E-state index in [9.17, 15) is 48.6 Å². The Morgan fingerprint density at radius 2 is 1.13 bits per heavy atom. The van der Waals surface area contributed by atoms with Gasteiger partial charge in [-0.1, -0.05) is 16.4 Å². The van der Waals surface area contributed by atoms with Crippen LogP contribution in [0.2, 0.25) is 0 Å². The number of nitrogens with two attached hydrogens (primary N) is 2. The summed E-state index contributed by atoms with van der Waals surface area (Å²) in [7, 11) is 2.51. The number of anilines is 2. The van der Waals surface area contributed by atoms with E-state index in [1.807, 2.05) is 6.92 Å². The van der Waals surface area contributed by atoms with Gasteiger partial charge in [-0.25, -0.2) is 19.6 Å². The lowest BCUT2D eigenvalue weighted by atomic mass is 10.0. The molecule has 63 heavy (non-hydrogen) atoms. The average molecular weight is 953 g/mol. The van der Waals surface area contributed by atoms with Gasteiger partial charge in [0, 0.05) is 47.3 Å². The van der Waals surface area contributed by atoms with Gasteiger partial charge in [0.2, 0.25) is 0 Å². The van der Waals surface area contributed by atoms with E-state index < -0.39 is 70.3 Å². The minimum Gasteiger partial charge on any atom is -0.477 e. The van der Waals surface area contributed by atoms with Crippen LogP contribution in [0.25, 0.3) is 0 Å². The Morgan fingerprint density at radius 1 is 0.778 bits per heavy atom. The van der Waals surface area contributed by atoms with E-state index in [2.05, 4.69) is 47.2 Å². The number of rotatable bonds is 14. The Labute approximate surface area is 373 Å². The van der Waals surface area contributed by atoms with E-state index in [1.165, 1.54) is 62.4 Å². The maximum atomic E-state index is 12.7. The second-order valence-corrected chi connectivity index (χ2v) is 16.6. The monoisotopic (exact) mass is 952 g/mol. The van der Waals surface area contributed by atoms with Gasteiger partial charge in [0.25, 0.3) is 23.6 Å². The van der Waals surface area contributed by atoms with Crippen molar-refractivity contribution in [1.82, 2.24) is 30.4 Å². The lowest BCUT2D eigenvalue weighted by Gasteiger charge is -2.49. The molecule has 2 saturated heterocycles. The molecule has 338 valence electrons. The van der Waals surface area contributed by atoms with E-state index >= 15 is 0 Å². The predicted molar refractivity (Wildman–Crippen MR) is 229 cm³/mol. The van der Waals surface area contributed by atoms with E-state index in [0.717, 1.165) is 32.5 Å². The molecule has 24 nitrogen and oxygen atoms in total. The fraction of sp³-hybridized carbons (Fsp3) is 0.371. The van der Waals surface area contributed by atoms with Crippen molar-refractivity contribution in [2.75, 3.05) is 50.4 Å². The van der Waals surface area contributed by atoms with Crippen LogP contribution in [0.15, 0.2) is 56.3 Å². The number of aliphatic carboxylic acids is 2. The second kappa shape index (κ2) is 22.0. The van der Waals surface area contributed by atoms with Gasteiger partial charge in [0.15, 0.2) is 21.7 Å². The molecule has 8 N–H and O–H groups in total. The number of carbonyl (C=O) groups excluding carboxylic acids is 6. The van der Waals surface area contributed by atoms with E-state index in [-0.39, 0.29) is 69.2 Å². The van der Waals surface area contributed by atoms with Gasteiger partial charge in [-0.05, 0) is 6.92 Å². The quantitative estimate of drug-likeness (QED) is 0.0475. The number of allylic oxidation sites excluding steroid dienone is 1. The third kappa shape index (κ3) is 11.5. The number of hydrogen-bond acceptors (Lipinski definition) is 22. The van der Waals surface area contributed by atoms with Crippen molar-refractivity contribution < 1.29 is 67.7 Å². The third-order valence-corrected chi connectivity index (χ3v) is 12.3. The predicted octanol–water partition coefficient (Wildman–Crippen LogP) is -0.0527. The van der Waals surface area contributed by atoms with Crippen LogP contribution in [0, 0.1) is 0 Å². The standard InChI is InChI=1S/2C16H17N5O7S2.C3H6/c2*1-6(22)28-3-7-4-29-14-10(13(24)21(14)11(7)15(25)26)19-12(23)9(20-27-2)8-5-30-16(17)18-8;1-3-2/h2*5,10,14H,3-4H2,1-2H3,(H2,17,18)(H,19,23)(H,25,26);3H,1H2,2H3/b2*20-9+;/t2*10-,14-;/m11./s1. The summed E-state index contributed by atoms with van der Waals surface area (Å²) < 4.78 is 9.76. The van der Waals surface area contributed by atoms with Gasteiger partial charge in [-0.15, -0.1) is 52.8 Å². The number of esters is 2. The van der Waals surface area contributed by atoms with Crippen LogP contribution in [-0.2, 0) is 57.5 Å². The minimum absolute atomic E-state index is 0.165. The van der Waals surface area contributed by atoms with Crippen LogP contribution in [0.3, 0.4) is 0 Å². The highest BCUT2D eigenvalue weighted by Crippen LogP contribution is 2.41. The highest BCUT2D eigenvalue weighted by Gasteiger charge is 2.56. The molecule has 6 rings (SSSR count). The number of ether oxygens (including phenoxy) is 2. The van der Waals surface area contributed by atoms with Crippen molar-refractivity contribution in [2.24, 2.45) is 10.3 Å². The van der Waals surface area contributed by atoms with Gasteiger partial charge in [0.05, 0.1) is 0 Å². The second-order valence-electron chi connectivity index (χ2n) is 12.6. The molecule has 2 aromatic heterocycles. The van der Waals surface area contributed by atoms with Crippen LogP contribution >= 0.6 is 46.2 Å². The van der Waals surface area contributed by atoms with Crippen LogP contribution < -0.4 is 22.1 Å². The van der Waals surface area contributed by atoms with E-state index in [4.69, 9.17) is 20.9 Å². The number of amides is 4. The maximum Gasteiger partial charge on any atom is 0.352 e. The van der Waals surface area contributed by atoms with E-state index in [0.29, 0.717) is 11.1 Å². The Morgan fingerprint density at radius 3 is 1.40 bits per heavy atom. The number of oxime groups is 2. The van der Waals surface area contributed by atoms with Crippen LogP contribution in [0.5, 0.6) is 0 Å². The zero-order valence-corrected chi connectivity index (χ0v) is 37.1. The van der Waals surface area contributed by atoms with Gasteiger partial charge < -0.3 is 51.5 Å². The van der Waals surface area contributed by atoms with Gasteiger partial charge in [0.1, 0.15) is 73.0 Å². The molecule has 0 unspecified atom stereocenters. The molecular formula is C35H40N10O14S4. The Hall–Kier alpha value is -6.52. The molecule has 4 aliphatic heterocycles. The number of carboxylic acid groups (broad SMARTS) is 2. The molecule has 0 bridgehead atoms. The largest absolute Gasteiger partial charge is 0.477 e. The van der Waals surface area contributed by atoms with Crippen molar-refractivity contribution in [3.63, 3.8) is 0 Å². The van der Waals surface area contributed by atoms with Gasteiger partial charge in [-0.3, -0.25) is 38.6 Å². The van der Waals surface area contributed by atoms with Crippen molar-refractivity contribution in [1.29, 1.82) is 0 Å². The summed E-state index contributed by atoms with van der Waals surface area (Å²) in [5, 5.41) is 33.7. The molecule has 4 amide bonds. The topological polar surface area (TPSA) is 347 Å². The van der Waals surface area contributed by atoms with Crippen molar-refractivity contribution in [3.8, 4) is 0 Å². The zero-order chi connectivity index (χ0) is 46.7. The number of carboxylic acids is 2. The SMILES string of the molecule is C=CC.CO/N=C(/C(=O)N[C@@H]1C(=O)N2C(C(=O)O)=C(COC(C)=O)CS[C@H]12)c1csc(N)n1.CO/N=C(/C(=O)N[C@@H]1C(=O)N2C(C(=O)O)=C(COC(C)=O)CS[C@H]12)c1csc(N)n1. The van der Waals surface area contributed by atoms with Crippen LogP contribution in [0.1, 0.15) is 32.2 Å². The number of carbonyl (C=O) groups is 8. The van der Waals surface area contributed by atoms with Crippen LogP contribution in [-0.4, -0.2) is 151 Å². The summed E-state index contributed by atoms with van der Waals surface area (Å²) >= 11 is 4.71. The molecule has 4 aliphatic rings. The molecule has 0 radical (unpaired) electrons. The molecule has 0 aliphatic carbocycles. The highest BCUT2D eigenvalue weighted by atomic mass is 32.2. The summed E-state index contributed by atoms with van der Waals surface area (Å²) in [5.41, 5.74) is 11.3. The summed E-state index contributed by atoms with van der Waals surface area (Å²) in [6.07, 6.45) is 1.75. The van der Waals surface area contributed by atoms with Crippen LogP contribution in [0.4, 0.5) is 10.3 Å². The average Bonchev–Trinajstić information content (AvgIpc) is 3.87. The smallest absolute Gasteiger partial charge is 0.352 e. The fourth-order valence-corrected chi connectivity index (χ4v) is 9.52. The number of thioether (sulfide) groups is 2. The molecular weight excluding hydrogens is 913 g/mol. The van der Waals surface area contributed by atoms with Gasteiger partial charge >= 0.3 is 23.9 Å². The fourth-order valence-electron chi connectivity index (χ4n) is 5.77. The highest BCUT2D eigenvalue weighted by molar-refractivity contribution is 8.00. The zero-order valence-electron chi connectivity index (χ0n) is 33.8. The number of thiazole rings is 2. The Bertz CT molecular complexity index is 2150. The first kappa shape index (κ1) is 49.1. The number of fused-ring (bicyclic) bond motifs is 2. The molecule has 2 fully saturated rings. The third-order valence-electron chi connectivity index (χ3n) is 8.30. The lowest BCUT2D eigenvalue weighted by molar-refractivity contribution is -0.150. The minimum atomic E-state index is -1.32. The normalized spacial score (nSPS) is 20.1. The summed E-state index contributed by atoms with van der Waals surface area (Å²) in [5.74, 6) is -5.96. The number of nitrogens with zero attached hydrogens (tertiary/aromatic N) is 6. The van der Waals surface area contributed by atoms with Crippen molar-refractivity contribution >= 4 is 115 Å². The Balaban J connectivity index is 0.000000260. The molecule has 28 heteroatoms. The summed E-state index contributed by atoms with van der Waals surface area (Å²) in [4.78, 5) is 116. The lowest BCUT2D eigenvalue weighted by Crippen LogP contribution is -2.71. The molecule has 0 saturated carbocycles. The summed E-state index contributed by atoms with van der Waals surface area (Å²) in [6.45, 7) is 7.20. The Kier molecular flexibility index (Phi) is 17.2. The maximum absolute atomic E-state index is 12.7.